The van der Waals surface area contributed by atoms with Crippen LogP contribution in [0, 0.1) is 5.41 Å². The highest BCUT2D eigenvalue weighted by atomic mass is 14.9. The van der Waals surface area contributed by atoms with E-state index in [1.165, 1.54) is 44.3 Å². The number of anilines is 1. The van der Waals surface area contributed by atoms with Crippen molar-refractivity contribution in [1.82, 2.24) is 5.32 Å². The largest absolute Gasteiger partial charge is 0.384 e. The molecule has 2 rings (SSSR count). The standard InChI is InChI=1S/C16H26N2/c1-2-16(10-6-7-11-16)14-17-12-13-18-15-8-4-3-5-9-15/h3-5,8-9,17-18H,2,6-7,10-14H2,1H3. The molecule has 2 N–H and O–H groups in total. The molecule has 18 heavy (non-hydrogen) atoms. The van der Waals surface area contributed by atoms with E-state index in [0.717, 1.165) is 13.1 Å². The highest BCUT2D eigenvalue weighted by Gasteiger charge is 2.31. The maximum Gasteiger partial charge on any atom is 0.0340 e. The van der Waals surface area contributed by atoms with Gasteiger partial charge in [-0.05, 0) is 36.8 Å². The smallest absolute Gasteiger partial charge is 0.0340 e. The molecule has 1 aliphatic carbocycles. The second-order valence-electron chi connectivity index (χ2n) is 5.53. The lowest BCUT2D eigenvalue weighted by molar-refractivity contribution is 0.271. The van der Waals surface area contributed by atoms with Crippen molar-refractivity contribution in [3.63, 3.8) is 0 Å². The molecule has 2 nitrogen and oxygen atoms in total. The normalized spacial score (nSPS) is 17.8. The van der Waals surface area contributed by atoms with Crippen LogP contribution < -0.4 is 10.6 Å². The number of hydrogen-bond acceptors (Lipinski definition) is 2. The van der Waals surface area contributed by atoms with Crippen molar-refractivity contribution in [2.45, 2.75) is 39.0 Å². The predicted octanol–water partition coefficient (Wildman–Crippen LogP) is 3.66. The Morgan fingerprint density at radius 2 is 1.78 bits per heavy atom. The van der Waals surface area contributed by atoms with Gasteiger partial charge in [-0.1, -0.05) is 38.0 Å². The minimum Gasteiger partial charge on any atom is -0.384 e. The first-order chi connectivity index (χ1) is 8.85. The molecule has 1 aliphatic rings. The van der Waals surface area contributed by atoms with Gasteiger partial charge in [0.1, 0.15) is 0 Å². The van der Waals surface area contributed by atoms with Crippen molar-refractivity contribution in [2.24, 2.45) is 5.41 Å². The van der Waals surface area contributed by atoms with Crippen LogP contribution >= 0.6 is 0 Å². The minimum absolute atomic E-state index is 0.604. The summed E-state index contributed by atoms with van der Waals surface area (Å²) < 4.78 is 0. The fourth-order valence-corrected chi connectivity index (χ4v) is 2.99. The molecule has 1 saturated carbocycles. The minimum atomic E-state index is 0.604. The van der Waals surface area contributed by atoms with E-state index in [-0.39, 0.29) is 0 Å². The number of nitrogens with one attached hydrogen (secondary N) is 2. The zero-order valence-electron chi connectivity index (χ0n) is 11.5. The Balaban J connectivity index is 1.61. The third-order valence-corrected chi connectivity index (χ3v) is 4.32. The Kier molecular flexibility index (Phi) is 5.06. The fourth-order valence-electron chi connectivity index (χ4n) is 2.99. The molecule has 1 aromatic carbocycles. The van der Waals surface area contributed by atoms with Crippen molar-refractivity contribution >= 4 is 5.69 Å². The lowest BCUT2D eigenvalue weighted by Gasteiger charge is -2.27. The highest BCUT2D eigenvalue weighted by Crippen LogP contribution is 2.40. The van der Waals surface area contributed by atoms with E-state index in [1.807, 2.05) is 0 Å². The zero-order valence-corrected chi connectivity index (χ0v) is 11.5. The summed E-state index contributed by atoms with van der Waals surface area (Å²) in [7, 11) is 0. The van der Waals surface area contributed by atoms with Crippen molar-refractivity contribution in [2.75, 3.05) is 25.0 Å². The molecule has 0 radical (unpaired) electrons. The Bertz CT molecular complexity index is 328. The summed E-state index contributed by atoms with van der Waals surface area (Å²) in [4.78, 5) is 0. The van der Waals surface area contributed by atoms with Gasteiger partial charge in [-0.15, -0.1) is 0 Å². The van der Waals surface area contributed by atoms with Crippen LogP contribution in [0.4, 0.5) is 5.69 Å². The molecule has 0 atom stereocenters. The third-order valence-electron chi connectivity index (χ3n) is 4.32. The molecule has 0 amide bonds. The van der Waals surface area contributed by atoms with E-state index in [4.69, 9.17) is 0 Å². The number of hydrogen-bond donors (Lipinski definition) is 2. The Hall–Kier alpha value is -1.02. The summed E-state index contributed by atoms with van der Waals surface area (Å²) in [5, 5.41) is 7.06. The van der Waals surface area contributed by atoms with Gasteiger partial charge in [0.25, 0.3) is 0 Å². The average Bonchev–Trinajstić information content (AvgIpc) is 2.89. The van der Waals surface area contributed by atoms with E-state index in [1.54, 1.807) is 0 Å². The number of rotatable bonds is 7. The molecule has 0 saturated heterocycles. The Labute approximate surface area is 111 Å². The number of para-hydroxylation sites is 1. The Morgan fingerprint density at radius 3 is 2.44 bits per heavy atom. The van der Waals surface area contributed by atoms with Crippen LogP contribution in [-0.4, -0.2) is 19.6 Å². The molecular weight excluding hydrogens is 220 g/mol. The first kappa shape index (κ1) is 13.4. The topological polar surface area (TPSA) is 24.1 Å². The molecule has 0 heterocycles. The van der Waals surface area contributed by atoms with E-state index in [9.17, 15) is 0 Å². The van der Waals surface area contributed by atoms with E-state index in [0.29, 0.717) is 5.41 Å². The van der Waals surface area contributed by atoms with E-state index < -0.39 is 0 Å². The van der Waals surface area contributed by atoms with Crippen LogP contribution in [-0.2, 0) is 0 Å². The summed E-state index contributed by atoms with van der Waals surface area (Å²) in [5.41, 5.74) is 1.82. The van der Waals surface area contributed by atoms with Crippen LogP contribution in [0.25, 0.3) is 0 Å². The molecule has 100 valence electrons. The quantitative estimate of drug-likeness (QED) is 0.717. The van der Waals surface area contributed by atoms with Gasteiger partial charge in [-0.2, -0.15) is 0 Å². The molecule has 0 aliphatic heterocycles. The Morgan fingerprint density at radius 1 is 1.06 bits per heavy atom. The van der Waals surface area contributed by atoms with Gasteiger partial charge >= 0.3 is 0 Å². The maximum atomic E-state index is 3.63. The summed E-state index contributed by atoms with van der Waals surface area (Å²) in [5.74, 6) is 0. The van der Waals surface area contributed by atoms with Crippen molar-refractivity contribution in [1.29, 1.82) is 0 Å². The molecule has 0 unspecified atom stereocenters. The molecule has 2 heteroatoms. The predicted molar refractivity (Wildman–Crippen MR) is 79.0 cm³/mol. The van der Waals surface area contributed by atoms with E-state index >= 15 is 0 Å². The molecular formula is C16H26N2. The van der Waals surface area contributed by atoms with Gasteiger partial charge < -0.3 is 10.6 Å². The van der Waals surface area contributed by atoms with Crippen LogP contribution in [0.3, 0.4) is 0 Å². The van der Waals surface area contributed by atoms with Crippen molar-refractivity contribution in [3.05, 3.63) is 30.3 Å². The second kappa shape index (κ2) is 6.79. The maximum absolute atomic E-state index is 3.63. The van der Waals surface area contributed by atoms with Gasteiger partial charge in [0.15, 0.2) is 0 Å². The van der Waals surface area contributed by atoms with Gasteiger partial charge in [0.05, 0.1) is 0 Å². The average molecular weight is 246 g/mol. The molecule has 1 aromatic rings. The number of benzene rings is 1. The summed E-state index contributed by atoms with van der Waals surface area (Å²) in [6.45, 7) is 5.59. The highest BCUT2D eigenvalue weighted by molar-refractivity contribution is 5.42. The summed E-state index contributed by atoms with van der Waals surface area (Å²) >= 11 is 0. The van der Waals surface area contributed by atoms with Gasteiger partial charge in [-0.25, -0.2) is 0 Å². The third kappa shape index (κ3) is 3.74. The molecule has 0 bridgehead atoms. The summed E-state index contributed by atoms with van der Waals surface area (Å²) in [6.07, 6.45) is 7.02. The van der Waals surface area contributed by atoms with Gasteiger partial charge in [-0.3, -0.25) is 0 Å². The zero-order chi connectivity index (χ0) is 12.7. The monoisotopic (exact) mass is 246 g/mol. The van der Waals surface area contributed by atoms with Gasteiger partial charge in [0.2, 0.25) is 0 Å². The van der Waals surface area contributed by atoms with E-state index in [2.05, 4.69) is 47.9 Å². The van der Waals surface area contributed by atoms with Crippen molar-refractivity contribution in [3.8, 4) is 0 Å². The molecule has 0 aromatic heterocycles. The lowest BCUT2D eigenvalue weighted by Crippen LogP contribution is -2.34. The van der Waals surface area contributed by atoms with Gasteiger partial charge in [0, 0.05) is 25.3 Å². The van der Waals surface area contributed by atoms with Crippen molar-refractivity contribution < 1.29 is 0 Å². The first-order valence-electron chi connectivity index (χ1n) is 7.34. The summed E-state index contributed by atoms with van der Waals surface area (Å²) in [6, 6.07) is 10.4. The van der Waals surface area contributed by atoms with Crippen LogP contribution in [0.1, 0.15) is 39.0 Å². The second-order valence-corrected chi connectivity index (χ2v) is 5.53. The first-order valence-corrected chi connectivity index (χ1v) is 7.34. The SMILES string of the molecule is CCC1(CNCCNc2ccccc2)CCCC1. The fraction of sp³-hybridized carbons (Fsp3) is 0.625. The lowest BCUT2D eigenvalue weighted by atomic mass is 9.83. The van der Waals surface area contributed by atoms with Crippen LogP contribution in [0.5, 0.6) is 0 Å². The molecule has 1 fully saturated rings. The van der Waals surface area contributed by atoms with Crippen LogP contribution in [0.2, 0.25) is 0 Å². The molecule has 0 spiro atoms. The van der Waals surface area contributed by atoms with Crippen LogP contribution in [0.15, 0.2) is 30.3 Å².